The van der Waals surface area contributed by atoms with Crippen LogP contribution in [-0.2, 0) is 17.8 Å². The first kappa shape index (κ1) is 13.6. The van der Waals surface area contributed by atoms with E-state index in [1.54, 1.807) is 0 Å². The van der Waals surface area contributed by atoms with Gasteiger partial charge >= 0.3 is 0 Å². The number of methoxy groups -OCH3 is 1. The Morgan fingerprint density at radius 2 is 2.05 bits per heavy atom. The molecule has 19 heavy (non-hydrogen) atoms. The molecule has 0 spiro atoms. The van der Waals surface area contributed by atoms with Crippen molar-refractivity contribution in [3.05, 3.63) is 40.4 Å². The maximum absolute atomic E-state index is 13.7. The molecular formula is C13H10F2N2OS. The van der Waals surface area contributed by atoms with Gasteiger partial charge in [0.05, 0.1) is 30.4 Å². The summed E-state index contributed by atoms with van der Waals surface area (Å²) in [5, 5.41) is 8.97. The van der Waals surface area contributed by atoms with Crippen molar-refractivity contribution < 1.29 is 13.5 Å². The van der Waals surface area contributed by atoms with Crippen LogP contribution in [0.4, 0.5) is 8.78 Å². The van der Waals surface area contributed by atoms with Crippen molar-refractivity contribution in [2.24, 2.45) is 0 Å². The maximum Gasteiger partial charge on any atom is 0.136 e. The Balaban J connectivity index is 2.51. The number of nitrogens with zero attached hydrogens (tertiary/aromatic N) is 2. The smallest absolute Gasteiger partial charge is 0.136 e. The van der Waals surface area contributed by atoms with Gasteiger partial charge in [-0.1, -0.05) is 6.07 Å². The summed E-state index contributed by atoms with van der Waals surface area (Å²) >= 11 is 1.11. The Hall–Kier alpha value is -1.84. The molecule has 1 aromatic carbocycles. The number of hydrogen-bond donors (Lipinski definition) is 0. The summed E-state index contributed by atoms with van der Waals surface area (Å²) in [7, 11) is 1.50. The van der Waals surface area contributed by atoms with Gasteiger partial charge in [0, 0.05) is 12.0 Å². The summed E-state index contributed by atoms with van der Waals surface area (Å²) in [4.78, 5) is 4.84. The Bertz CT molecular complexity index is 614. The molecule has 98 valence electrons. The standard InChI is InChI=1S/C13H10F2N2OS/c1-18-7-10-11(5-6-16)19-13(17-10)12-8(14)3-2-4-9(12)15/h2-4H,5,7H2,1H3. The van der Waals surface area contributed by atoms with E-state index in [1.165, 1.54) is 25.3 Å². The fourth-order valence-electron chi connectivity index (χ4n) is 1.65. The second-order valence-corrected chi connectivity index (χ2v) is 4.84. The van der Waals surface area contributed by atoms with Gasteiger partial charge in [-0.25, -0.2) is 13.8 Å². The van der Waals surface area contributed by atoms with Crippen molar-refractivity contribution >= 4 is 11.3 Å². The zero-order valence-corrected chi connectivity index (χ0v) is 10.9. The fraction of sp³-hybridized carbons (Fsp3) is 0.231. The first-order valence-electron chi connectivity index (χ1n) is 5.46. The minimum Gasteiger partial charge on any atom is -0.378 e. The average molecular weight is 280 g/mol. The molecule has 0 aliphatic carbocycles. The zero-order chi connectivity index (χ0) is 13.8. The minimum atomic E-state index is -0.666. The van der Waals surface area contributed by atoms with E-state index in [0.29, 0.717) is 10.6 Å². The average Bonchev–Trinajstić information content (AvgIpc) is 2.73. The van der Waals surface area contributed by atoms with Crippen LogP contribution in [0.3, 0.4) is 0 Å². The van der Waals surface area contributed by atoms with Gasteiger partial charge in [0.25, 0.3) is 0 Å². The lowest BCUT2D eigenvalue weighted by Gasteiger charge is -2.00. The third-order valence-corrected chi connectivity index (χ3v) is 3.59. The number of aromatic nitrogens is 1. The summed E-state index contributed by atoms with van der Waals surface area (Å²) in [6, 6.07) is 5.66. The zero-order valence-electron chi connectivity index (χ0n) is 10.1. The van der Waals surface area contributed by atoms with Crippen LogP contribution < -0.4 is 0 Å². The number of ether oxygens (including phenoxy) is 1. The van der Waals surface area contributed by atoms with E-state index in [9.17, 15) is 8.78 Å². The van der Waals surface area contributed by atoms with Crippen LogP contribution >= 0.6 is 11.3 Å². The molecule has 0 amide bonds. The lowest BCUT2D eigenvalue weighted by molar-refractivity contribution is 0.181. The molecule has 0 saturated carbocycles. The topological polar surface area (TPSA) is 45.9 Å². The van der Waals surface area contributed by atoms with E-state index in [1.807, 2.05) is 6.07 Å². The van der Waals surface area contributed by atoms with Gasteiger partial charge in [0.2, 0.25) is 0 Å². The highest BCUT2D eigenvalue weighted by molar-refractivity contribution is 7.15. The number of hydrogen-bond acceptors (Lipinski definition) is 4. The van der Waals surface area contributed by atoms with Crippen LogP contribution in [0.15, 0.2) is 18.2 Å². The molecule has 0 unspecified atom stereocenters. The van der Waals surface area contributed by atoms with E-state index in [-0.39, 0.29) is 23.6 Å². The number of rotatable bonds is 4. The Labute approximate surface area is 113 Å². The van der Waals surface area contributed by atoms with Gasteiger partial charge in [-0.2, -0.15) is 5.26 Å². The highest BCUT2D eigenvalue weighted by Crippen LogP contribution is 2.32. The molecule has 0 atom stereocenters. The van der Waals surface area contributed by atoms with Gasteiger partial charge in [-0.3, -0.25) is 0 Å². The summed E-state index contributed by atoms with van der Waals surface area (Å²) in [5.74, 6) is -1.33. The molecule has 0 N–H and O–H groups in total. The molecule has 1 heterocycles. The largest absolute Gasteiger partial charge is 0.378 e. The third kappa shape index (κ3) is 2.78. The van der Waals surface area contributed by atoms with Crippen LogP contribution in [-0.4, -0.2) is 12.1 Å². The van der Waals surface area contributed by atoms with Gasteiger partial charge in [0.1, 0.15) is 16.6 Å². The lowest BCUT2D eigenvalue weighted by atomic mass is 10.2. The molecule has 0 radical (unpaired) electrons. The summed E-state index contributed by atoms with van der Waals surface area (Å²) in [5.41, 5.74) is 0.390. The second kappa shape index (κ2) is 5.87. The van der Waals surface area contributed by atoms with E-state index in [4.69, 9.17) is 10.00 Å². The minimum absolute atomic E-state index is 0.145. The van der Waals surface area contributed by atoms with E-state index >= 15 is 0 Å². The van der Waals surface area contributed by atoms with Gasteiger partial charge in [-0.05, 0) is 12.1 Å². The molecule has 0 aliphatic heterocycles. The predicted octanol–water partition coefficient (Wildman–Crippen LogP) is 3.30. The lowest BCUT2D eigenvalue weighted by Crippen LogP contribution is -1.93. The molecule has 2 rings (SSSR count). The quantitative estimate of drug-likeness (QED) is 0.863. The first-order chi connectivity index (χ1) is 9.17. The van der Waals surface area contributed by atoms with Crippen LogP contribution in [0.2, 0.25) is 0 Å². The summed E-state index contributed by atoms with van der Waals surface area (Å²) in [6.45, 7) is 0.212. The van der Waals surface area contributed by atoms with Gasteiger partial charge in [-0.15, -0.1) is 11.3 Å². The van der Waals surface area contributed by atoms with E-state index in [0.717, 1.165) is 11.3 Å². The molecular weight excluding hydrogens is 270 g/mol. The molecule has 3 nitrogen and oxygen atoms in total. The summed E-state index contributed by atoms with van der Waals surface area (Å²) in [6.07, 6.45) is 0.145. The van der Waals surface area contributed by atoms with Crippen molar-refractivity contribution in [1.29, 1.82) is 5.26 Å². The number of benzene rings is 1. The highest BCUT2D eigenvalue weighted by Gasteiger charge is 2.18. The van der Waals surface area contributed by atoms with Crippen molar-refractivity contribution in [2.45, 2.75) is 13.0 Å². The molecule has 2 aromatic rings. The first-order valence-corrected chi connectivity index (χ1v) is 6.28. The maximum atomic E-state index is 13.7. The van der Waals surface area contributed by atoms with Crippen LogP contribution in [0.1, 0.15) is 10.6 Å². The molecule has 0 fully saturated rings. The SMILES string of the molecule is COCc1nc(-c2c(F)cccc2F)sc1CC#N. The van der Waals surface area contributed by atoms with Crippen molar-refractivity contribution in [2.75, 3.05) is 7.11 Å². The van der Waals surface area contributed by atoms with Crippen molar-refractivity contribution in [3.8, 4) is 16.6 Å². The molecule has 0 saturated heterocycles. The molecule has 6 heteroatoms. The number of nitriles is 1. The predicted molar refractivity (Wildman–Crippen MR) is 67.5 cm³/mol. The molecule has 0 bridgehead atoms. The normalized spacial score (nSPS) is 10.4. The highest BCUT2D eigenvalue weighted by atomic mass is 32.1. The van der Waals surface area contributed by atoms with Crippen molar-refractivity contribution in [1.82, 2.24) is 4.98 Å². The third-order valence-electron chi connectivity index (χ3n) is 2.48. The van der Waals surface area contributed by atoms with Gasteiger partial charge < -0.3 is 4.74 Å². The van der Waals surface area contributed by atoms with E-state index < -0.39 is 11.6 Å². The Morgan fingerprint density at radius 3 is 2.63 bits per heavy atom. The van der Waals surface area contributed by atoms with Gasteiger partial charge in [0.15, 0.2) is 0 Å². The monoisotopic (exact) mass is 280 g/mol. The number of halogens is 2. The van der Waals surface area contributed by atoms with Crippen LogP contribution in [0.25, 0.3) is 10.6 Å². The number of thiazole rings is 1. The van der Waals surface area contributed by atoms with Crippen LogP contribution in [0.5, 0.6) is 0 Å². The Kier molecular flexibility index (Phi) is 4.20. The molecule has 0 aliphatic rings. The molecule has 1 aromatic heterocycles. The fourth-order valence-corrected chi connectivity index (χ4v) is 2.70. The van der Waals surface area contributed by atoms with Crippen molar-refractivity contribution in [3.63, 3.8) is 0 Å². The summed E-state index contributed by atoms with van der Waals surface area (Å²) < 4.78 is 32.3. The Morgan fingerprint density at radius 1 is 1.37 bits per heavy atom. The second-order valence-electron chi connectivity index (χ2n) is 3.75. The van der Waals surface area contributed by atoms with Crippen LogP contribution in [0, 0.1) is 23.0 Å². The van der Waals surface area contributed by atoms with E-state index in [2.05, 4.69) is 4.98 Å².